The number of aryl methyl sites for hydroxylation is 2. The van der Waals surface area contributed by atoms with E-state index in [-0.39, 0.29) is 5.78 Å². The molecule has 100 valence electrons. The molecule has 20 heavy (non-hydrogen) atoms. The third-order valence-electron chi connectivity index (χ3n) is 3.40. The van der Waals surface area contributed by atoms with Crippen molar-refractivity contribution >= 4 is 32.7 Å². The van der Waals surface area contributed by atoms with Gasteiger partial charge < -0.3 is 4.42 Å². The van der Waals surface area contributed by atoms with Crippen LogP contribution in [0.5, 0.6) is 0 Å². The van der Waals surface area contributed by atoms with Gasteiger partial charge in [-0.25, -0.2) is 0 Å². The van der Waals surface area contributed by atoms with Gasteiger partial charge >= 0.3 is 0 Å². The summed E-state index contributed by atoms with van der Waals surface area (Å²) in [5.41, 5.74) is 3.47. The topological polar surface area (TPSA) is 30.2 Å². The number of para-hydroxylation sites is 1. The van der Waals surface area contributed by atoms with Crippen LogP contribution in [0.1, 0.15) is 27.2 Å². The molecule has 0 fully saturated rings. The Morgan fingerprint density at radius 3 is 2.50 bits per heavy atom. The van der Waals surface area contributed by atoms with E-state index in [0.717, 1.165) is 26.6 Å². The van der Waals surface area contributed by atoms with Crippen LogP contribution in [0.15, 0.2) is 51.4 Å². The molecule has 0 aliphatic heterocycles. The zero-order valence-electron chi connectivity index (χ0n) is 11.2. The van der Waals surface area contributed by atoms with Crippen LogP contribution in [0, 0.1) is 13.8 Å². The lowest BCUT2D eigenvalue weighted by Crippen LogP contribution is -2.01. The molecule has 1 heterocycles. The van der Waals surface area contributed by atoms with Crippen LogP contribution in [-0.2, 0) is 0 Å². The second kappa shape index (κ2) is 4.91. The van der Waals surface area contributed by atoms with Gasteiger partial charge in [-0.15, -0.1) is 0 Å². The minimum Gasteiger partial charge on any atom is -0.452 e. The maximum Gasteiger partial charge on any atom is 0.229 e. The molecule has 0 unspecified atom stereocenters. The third-order valence-corrected chi connectivity index (χ3v) is 4.45. The number of rotatable bonds is 2. The molecule has 1 aromatic heterocycles. The summed E-state index contributed by atoms with van der Waals surface area (Å²) in [4.78, 5) is 12.6. The molecule has 0 amide bonds. The predicted octanol–water partition coefficient (Wildman–Crippen LogP) is 5.04. The van der Waals surface area contributed by atoms with Crippen LogP contribution in [-0.4, -0.2) is 5.78 Å². The number of fused-ring (bicyclic) bond motifs is 1. The van der Waals surface area contributed by atoms with Crippen LogP contribution < -0.4 is 0 Å². The molecule has 0 spiro atoms. The van der Waals surface area contributed by atoms with Crippen molar-refractivity contribution in [1.82, 2.24) is 0 Å². The molecule has 3 aromatic rings. The number of ketones is 1. The Morgan fingerprint density at radius 2 is 1.75 bits per heavy atom. The first-order valence-corrected chi connectivity index (χ1v) is 7.16. The molecular formula is C17H13BrO2. The second-order valence-electron chi connectivity index (χ2n) is 4.87. The second-order valence-corrected chi connectivity index (χ2v) is 5.66. The van der Waals surface area contributed by atoms with Crippen LogP contribution in [0.2, 0.25) is 0 Å². The van der Waals surface area contributed by atoms with E-state index < -0.39 is 0 Å². The molecule has 0 bridgehead atoms. The van der Waals surface area contributed by atoms with Gasteiger partial charge in [0.1, 0.15) is 5.58 Å². The van der Waals surface area contributed by atoms with Crippen LogP contribution >= 0.6 is 15.9 Å². The van der Waals surface area contributed by atoms with Gasteiger partial charge in [-0.1, -0.05) is 30.3 Å². The maximum atomic E-state index is 12.6. The monoisotopic (exact) mass is 328 g/mol. The van der Waals surface area contributed by atoms with Crippen molar-refractivity contribution < 1.29 is 9.21 Å². The van der Waals surface area contributed by atoms with Gasteiger partial charge in [0.15, 0.2) is 5.76 Å². The van der Waals surface area contributed by atoms with Crippen molar-refractivity contribution in [3.63, 3.8) is 0 Å². The molecule has 3 heteroatoms. The number of hydrogen-bond acceptors (Lipinski definition) is 2. The van der Waals surface area contributed by atoms with Crippen molar-refractivity contribution in [3.05, 3.63) is 69.4 Å². The molecule has 0 saturated heterocycles. The van der Waals surface area contributed by atoms with E-state index >= 15 is 0 Å². The van der Waals surface area contributed by atoms with Crippen molar-refractivity contribution in [1.29, 1.82) is 0 Å². The van der Waals surface area contributed by atoms with E-state index in [1.165, 1.54) is 0 Å². The molecule has 0 aliphatic rings. The quantitative estimate of drug-likeness (QED) is 0.616. The molecule has 3 rings (SSSR count). The number of carbonyl (C=O) groups excluding carboxylic acids is 1. The van der Waals surface area contributed by atoms with E-state index in [1.807, 2.05) is 44.2 Å². The van der Waals surface area contributed by atoms with E-state index in [4.69, 9.17) is 4.42 Å². The Bertz CT molecular complexity index is 815. The fraction of sp³-hybridized carbons (Fsp3) is 0.118. The highest BCUT2D eigenvalue weighted by molar-refractivity contribution is 9.10. The number of furan rings is 1. The smallest absolute Gasteiger partial charge is 0.229 e. The number of halogens is 1. The lowest BCUT2D eigenvalue weighted by Gasteiger charge is -2.03. The van der Waals surface area contributed by atoms with Gasteiger partial charge in [0, 0.05) is 15.4 Å². The first-order valence-electron chi connectivity index (χ1n) is 6.37. The largest absolute Gasteiger partial charge is 0.452 e. The summed E-state index contributed by atoms with van der Waals surface area (Å²) >= 11 is 3.47. The third kappa shape index (κ3) is 2.08. The van der Waals surface area contributed by atoms with Gasteiger partial charge in [0.2, 0.25) is 5.78 Å². The minimum absolute atomic E-state index is 0.101. The van der Waals surface area contributed by atoms with Crippen molar-refractivity contribution in [3.8, 4) is 0 Å². The highest BCUT2D eigenvalue weighted by Crippen LogP contribution is 2.27. The summed E-state index contributed by atoms with van der Waals surface area (Å²) in [6, 6.07) is 13.3. The first kappa shape index (κ1) is 13.1. The highest BCUT2D eigenvalue weighted by Gasteiger charge is 2.18. The lowest BCUT2D eigenvalue weighted by molar-refractivity contribution is 0.101. The van der Waals surface area contributed by atoms with Crippen molar-refractivity contribution in [2.45, 2.75) is 13.8 Å². The zero-order chi connectivity index (χ0) is 14.3. The average Bonchev–Trinajstić information content (AvgIpc) is 2.87. The average molecular weight is 329 g/mol. The SMILES string of the molecule is Cc1cccc(C(=O)c2cc3cccc(C)c3o2)c1Br. The van der Waals surface area contributed by atoms with Gasteiger partial charge in [0.05, 0.1) is 0 Å². The van der Waals surface area contributed by atoms with Gasteiger partial charge in [-0.05, 0) is 53.0 Å². The Kier molecular flexibility index (Phi) is 3.22. The molecule has 0 aliphatic carbocycles. The summed E-state index contributed by atoms with van der Waals surface area (Å²) in [5.74, 6) is 0.275. The lowest BCUT2D eigenvalue weighted by atomic mass is 10.1. The Morgan fingerprint density at radius 1 is 1.05 bits per heavy atom. The van der Waals surface area contributed by atoms with E-state index in [9.17, 15) is 4.79 Å². The predicted molar refractivity (Wildman–Crippen MR) is 83.3 cm³/mol. The van der Waals surface area contributed by atoms with Crippen molar-refractivity contribution in [2.75, 3.05) is 0 Å². The number of carbonyl (C=O) groups is 1. The molecule has 0 atom stereocenters. The van der Waals surface area contributed by atoms with E-state index in [2.05, 4.69) is 15.9 Å². The Balaban J connectivity index is 2.13. The Labute approximate surface area is 125 Å². The fourth-order valence-electron chi connectivity index (χ4n) is 2.28. The first-order chi connectivity index (χ1) is 9.58. The molecule has 2 aromatic carbocycles. The van der Waals surface area contributed by atoms with Gasteiger partial charge in [0.25, 0.3) is 0 Å². The summed E-state index contributed by atoms with van der Waals surface area (Å²) in [7, 11) is 0. The van der Waals surface area contributed by atoms with Gasteiger partial charge in [-0.3, -0.25) is 4.79 Å². The van der Waals surface area contributed by atoms with E-state index in [1.54, 1.807) is 12.1 Å². The van der Waals surface area contributed by atoms with Crippen LogP contribution in [0.25, 0.3) is 11.0 Å². The summed E-state index contributed by atoms with van der Waals surface area (Å²) in [6.45, 7) is 3.94. The maximum absolute atomic E-state index is 12.6. The fourth-order valence-corrected chi connectivity index (χ4v) is 2.72. The minimum atomic E-state index is -0.101. The van der Waals surface area contributed by atoms with E-state index in [0.29, 0.717) is 11.3 Å². The van der Waals surface area contributed by atoms with Crippen LogP contribution in [0.3, 0.4) is 0 Å². The Hall–Kier alpha value is -1.87. The highest BCUT2D eigenvalue weighted by atomic mass is 79.9. The molecule has 0 N–H and O–H groups in total. The molecular weight excluding hydrogens is 316 g/mol. The normalized spacial score (nSPS) is 10.9. The van der Waals surface area contributed by atoms with Crippen LogP contribution in [0.4, 0.5) is 0 Å². The summed E-state index contributed by atoms with van der Waals surface area (Å²) < 4.78 is 6.56. The molecule has 0 saturated carbocycles. The molecule has 0 radical (unpaired) electrons. The van der Waals surface area contributed by atoms with Gasteiger partial charge in [-0.2, -0.15) is 0 Å². The number of hydrogen-bond donors (Lipinski definition) is 0. The molecule has 2 nitrogen and oxygen atoms in total. The summed E-state index contributed by atoms with van der Waals surface area (Å²) in [5, 5.41) is 0.956. The van der Waals surface area contributed by atoms with Crippen molar-refractivity contribution in [2.24, 2.45) is 0 Å². The number of benzene rings is 2. The standard InChI is InChI=1S/C17H13BrO2/c1-10-5-4-8-13(15(10)18)16(19)14-9-12-7-3-6-11(2)17(12)20-14/h3-9H,1-2H3. The zero-order valence-corrected chi connectivity index (χ0v) is 12.8. The summed E-state index contributed by atoms with van der Waals surface area (Å²) in [6.07, 6.45) is 0.